The van der Waals surface area contributed by atoms with Crippen LogP contribution in [0.15, 0.2) is 74.5 Å². The molecule has 2 aromatic heterocycles. The number of hydrogen-bond donors (Lipinski definition) is 2. The second kappa shape index (κ2) is 8.14. The summed E-state index contributed by atoms with van der Waals surface area (Å²) in [5.41, 5.74) is 0.184. The molecule has 0 fully saturated rings. The van der Waals surface area contributed by atoms with Gasteiger partial charge in [0.05, 0.1) is 23.8 Å². The van der Waals surface area contributed by atoms with Gasteiger partial charge in [-0.05, 0) is 42.0 Å². The molecule has 1 aliphatic rings. The van der Waals surface area contributed by atoms with Crippen LogP contribution >= 0.6 is 0 Å². The molecule has 5 rings (SSSR count). The van der Waals surface area contributed by atoms with Crippen LogP contribution in [0.2, 0.25) is 0 Å². The maximum Gasteiger partial charge on any atom is 0.343 e. The zero-order valence-corrected chi connectivity index (χ0v) is 16.9. The van der Waals surface area contributed by atoms with Gasteiger partial charge in [0.25, 0.3) is 0 Å². The van der Waals surface area contributed by atoms with Crippen molar-refractivity contribution < 1.29 is 28.2 Å². The van der Waals surface area contributed by atoms with Gasteiger partial charge in [-0.15, -0.1) is 0 Å². The van der Waals surface area contributed by atoms with Crippen molar-refractivity contribution in [1.82, 2.24) is 5.32 Å². The highest BCUT2D eigenvalue weighted by atomic mass is 16.7. The number of nitrogens with one attached hydrogen (secondary N) is 1. The molecule has 0 spiro atoms. The molecule has 0 saturated carbocycles. The summed E-state index contributed by atoms with van der Waals surface area (Å²) in [5, 5.41) is 14.2. The lowest BCUT2D eigenvalue weighted by molar-refractivity contribution is -0.121. The van der Waals surface area contributed by atoms with Crippen LogP contribution in [-0.2, 0) is 11.3 Å². The minimum absolute atomic E-state index is 0.00992. The Kier molecular flexibility index (Phi) is 5.03. The van der Waals surface area contributed by atoms with E-state index in [-0.39, 0.29) is 42.6 Å². The zero-order valence-electron chi connectivity index (χ0n) is 16.9. The Morgan fingerprint density at radius 3 is 2.75 bits per heavy atom. The van der Waals surface area contributed by atoms with Gasteiger partial charge in [-0.1, -0.05) is 18.2 Å². The highest BCUT2D eigenvalue weighted by molar-refractivity contribution is 5.85. The van der Waals surface area contributed by atoms with Gasteiger partial charge in [0.15, 0.2) is 11.5 Å². The van der Waals surface area contributed by atoms with Crippen molar-refractivity contribution in [2.75, 3.05) is 6.79 Å². The van der Waals surface area contributed by atoms with Crippen LogP contribution in [0.1, 0.15) is 29.2 Å². The lowest BCUT2D eigenvalue weighted by Crippen LogP contribution is -2.26. The summed E-state index contributed by atoms with van der Waals surface area (Å²) in [6.07, 6.45) is 1.42. The minimum Gasteiger partial charge on any atom is -0.507 e. The van der Waals surface area contributed by atoms with Gasteiger partial charge in [0, 0.05) is 12.3 Å². The fourth-order valence-electron chi connectivity index (χ4n) is 3.83. The van der Waals surface area contributed by atoms with E-state index in [4.69, 9.17) is 18.3 Å². The van der Waals surface area contributed by atoms with E-state index in [1.54, 1.807) is 54.6 Å². The molecule has 1 atom stereocenters. The van der Waals surface area contributed by atoms with Crippen LogP contribution in [0.4, 0.5) is 0 Å². The number of amides is 1. The molecule has 0 radical (unpaired) electrons. The number of aromatic hydroxyl groups is 1. The van der Waals surface area contributed by atoms with Crippen molar-refractivity contribution in [1.29, 1.82) is 0 Å². The minimum atomic E-state index is -0.776. The molecule has 4 aromatic rings. The summed E-state index contributed by atoms with van der Waals surface area (Å²) >= 11 is 0. The van der Waals surface area contributed by atoms with Crippen LogP contribution in [-0.4, -0.2) is 17.8 Å². The van der Waals surface area contributed by atoms with Crippen molar-refractivity contribution in [3.8, 4) is 17.2 Å². The monoisotopic (exact) mass is 433 g/mol. The first-order valence-electron chi connectivity index (χ1n) is 10.0. The Hall–Kier alpha value is -4.20. The van der Waals surface area contributed by atoms with E-state index >= 15 is 0 Å². The lowest BCUT2D eigenvalue weighted by atomic mass is 9.87. The molecular formula is C24H19NO7. The Morgan fingerprint density at radius 2 is 1.91 bits per heavy atom. The van der Waals surface area contributed by atoms with E-state index in [2.05, 4.69) is 5.32 Å². The zero-order chi connectivity index (χ0) is 22.1. The number of carbonyl (C=O) groups excluding carboxylic acids is 1. The first-order chi connectivity index (χ1) is 15.6. The van der Waals surface area contributed by atoms with E-state index in [1.807, 2.05) is 0 Å². The van der Waals surface area contributed by atoms with Crippen molar-refractivity contribution >= 4 is 16.9 Å². The Bertz CT molecular complexity index is 1340. The molecule has 1 amide bonds. The molecule has 8 nitrogen and oxygen atoms in total. The second-order valence-electron chi connectivity index (χ2n) is 7.37. The van der Waals surface area contributed by atoms with Crippen molar-refractivity contribution in [3.05, 3.63) is 88.2 Å². The van der Waals surface area contributed by atoms with Gasteiger partial charge in [-0.2, -0.15) is 0 Å². The van der Waals surface area contributed by atoms with E-state index in [1.165, 1.54) is 6.26 Å². The summed E-state index contributed by atoms with van der Waals surface area (Å²) in [5.74, 6) is 0.375. The van der Waals surface area contributed by atoms with E-state index in [0.717, 1.165) is 0 Å². The summed E-state index contributed by atoms with van der Waals surface area (Å²) in [6.45, 7) is 0.300. The predicted octanol–water partition coefficient (Wildman–Crippen LogP) is 3.66. The van der Waals surface area contributed by atoms with Gasteiger partial charge in [0.2, 0.25) is 12.7 Å². The molecule has 3 heterocycles. The van der Waals surface area contributed by atoms with Crippen LogP contribution in [0.3, 0.4) is 0 Å². The maximum absolute atomic E-state index is 12.9. The third kappa shape index (κ3) is 3.66. The maximum atomic E-state index is 12.9. The molecule has 2 aromatic carbocycles. The van der Waals surface area contributed by atoms with Crippen LogP contribution < -0.4 is 20.4 Å². The number of ether oxygens (including phenoxy) is 2. The first kappa shape index (κ1) is 19.7. The molecule has 0 saturated heterocycles. The summed E-state index contributed by atoms with van der Waals surface area (Å²) < 4.78 is 21.5. The topological polar surface area (TPSA) is 111 Å². The molecule has 0 unspecified atom stereocenters. The molecule has 0 bridgehead atoms. The Morgan fingerprint density at radius 1 is 1.06 bits per heavy atom. The summed E-state index contributed by atoms with van der Waals surface area (Å²) in [7, 11) is 0. The molecule has 1 aliphatic heterocycles. The molecular weight excluding hydrogens is 414 g/mol. The first-order valence-corrected chi connectivity index (χ1v) is 10.0. The fourth-order valence-corrected chi connectivity index (χ4v) is 3.83. The smallest absolute Gasteiger partial charge is 0.343 e. The normalized spacial score (nSPS) is 13.2. The average molecular weight is 433 g/mol. The van der Waals surface area contributed by atoms with Crippen molar-refractivity contribution in [3.63, 3.8) is 0 Å². The quantitative estimate of drug-likeness (QED) is 0.447. The molecule has 8 heteroatoms. The lowest BCUT2D eigenvalue weighted by Gasteiger charge is -2.19. The van der Waals surface area contributed by atoms with Crippen LogP contribution in [0.25, 0.3) is 11.0 Å². The number of fused-ring (bicyclic) bond motifs is 2. The number of furan rings is 1. The largest absolute Gasteiger partial charge is 0.507 e. The van der Waals surface area contributed by atoms with Gasteiger partial charge in [0.1, 0.15) is 17.1 Å². The van der Waals surface area contributed by atoms with E-state index in [0.29, 0.717) is 28.2 Å². The average Bonchev–Trinajstić information content (AvgIpc) is 3.48. The number of rotatable bonds is 6. The van der Waals surface area contributed by atoms with Crippen molar-refractivity contribution in [2.45, 2.75) is 18.9 Å². The van der Waals surface area contributed by atoms with E-state index in [9.17, 15) is 14.7 Å². The SMILES string of the molecule is O=C(C[C@H](c1ccc2c(c1)OCO2)c1c(O)c2ccccc2oc1=O)NCc1ccco1. The summed E-state index contributed by atoms with van der Waals surface area (Å²) in [4.78, 5) is 25.7. The Balaban J connectivity index is 1.55. The standard InChI is InChI=1S/C24H19NO7/c26-21(25-12-15-4-3-9-29-15)11-17(14-7-8-19-20(10-14)31-13-30-19)22-23(27)16-5-1-2-6-18(16)32-24(22)28/h1-10,17,27H,11-13H2,(H,25,26)/t17-/m1/s1. The third-order valence-corrected chi connectivity index (χ3v) is 5.40. The summed E-state index contributed by atoms with van der Waals surface area (Å²) in [6, 6.07) is 15.3. The Labute approximate surface area is 182 Å². The highest BCUT2D eigenvalue weighted by Gasteiger charge is 2.28. The van der Waals surface area contributed by atoms with Gasteiger partial charge in [-0.25, -0.2) is 4.79 Å². The van der Waals surface area contributed by atoms with Crippen LogP contribution in [0.5, 0.6) is 17.2 Å². The number of carbonyl (C=O) groups is 1. The highest BCUT2D eigenvalue weighted by Crippen LogP contribution is 2.40. The fraction of sp³-hybridized carbons (Fsp3) is 0.167. The molecule has 0 aliphatic carbocycles. The second-order valence-corrected chi connectivity index (χ2v) is 7.37. The van der Waals surface area contributed by atoms with Gasteiger partial charge >= 0.3 is 5.63 Å². The number of para-hydroxylation sites is 1. The van der Waals surface area contributed by atoms with Gasteiger partial charge in [-0.3, -0.25) is 4.79 Å². The number of hydrogen-bond acceptors (Lipinski definition) is 7. The predicted molar refractivity (Wildman–Crippen MR) is 114 cm³/mol. The van der Waals surface area contributed by atoms with Gasteiger partial charge < -0.3 is 28.7 Å². The third-order valence-electron chi connectivity index (χ3n) is 5.40. The van der Waals surface area contributed by atoms with Crippen LogP contribution in [0, 0.1) is 0 Å². The molecule has 32 heavy (non-hydrogen) atoms. The molecule has 162 valence electrons. The molecule has 2 N–H and O–H groups in total. The number of benzene rings is 2. The van der Waals surface area contributed by atoms with E-state index < -0.39 is 11.5 Å². The van der Waals surface area contributed by atoms with Crippen molar-refractivity contribution in [2.24, 2.45) is 0 Å².